The summed E-state index contributed by atoms with van der Waals surface area (Å²) in [5.74, 6) is -4.77. The number of nitrogens with two attached hydrogens (primary N) is 1. The highest BCUT2D eigenvalue weighted by Gasteiger charge is 2.71. The van der Waals surface area contributed by atoms with Gasteiger partial charge < -0.3 is 36.1 Å². The maximum atomic E-state index is 14.9. The van der Waals surface area contributed by atoms with E-state index in [1.807, 2.05) is 6.92 Å². The number of carbonyl (C=O) groups is 1. The van der Waals surface area contributed by atoms with Gasteiger partial charge in [0.2, 0.25) is 5.72 Å². The van der Waals surface area contributed by atoms with E-state index in [0.717, 1.165) is 25.7 Å². The van der Waals surface area contributed by atoms with Crippen molar-refractivity contribution >= 4 is 5.91 Å². The molecule has 2 rings (SSSR count). The first-order chi connectivity index (χ1) is 15.4. The summed E-state index contributed by atoms with van der Waals surface area (Å²) in [6.07, 6.45) is -1.64. The summed E-state index contributed by atoms with van der Waals surface area (Å²) < 4.78 is 20.0. The van der Waals surface area contributed by atoms with Crippen LogP contribution in [-0.2, 0) is 10.6 Å². The van der Waals surface area contributed by atoms with Crippen molar-refractivity contribution in [3.05, 3.63) is 32.6 Å². The SMILES string of the molecule is CCCCCCCCC(F)N(O)[C@@]1(O)[C@H](O)[C@@H](CO)O[C@]1(O)n1cc(C(N)=O)c(=O)[nH]c1=O. The lowest BCUT2D eigenvalue weighted by Crippen LogP contribution is -2.70. The molecule has 33 heavy (non-hydrogen) atoms. The molecule has 1 fully saturated rings. The molecule has 0 saturated carbocycles. The van der Waals surface area contributed by atoms with Crippen LogP contribution in [-0.4, -0.2) is 77.0 Å². The zero-order valence-corrected chi connectivity index (χ0v) is 18.2. The Morgan fingerprint density at radius 1 is 1.30 bits per heavy atom. The van der Waals surface area contributed by atoms with Crippen LogP contribution >= 0.6 is 0 Å². The second-order valence-corrected chi connectivity index (χ2v) is 7.99. The molecule has 1 aromatic rings. The number of hydroxylamine groups is 2. The summed E-state index contributed by atoms with van der Waals surface area (Å²) in [7, 11) is 0. The van der Waals surface area contributed by atoms with Crippen molar-refractivity contribution in [2.75, 3.05) is 6.61 Å². The first kappa shape index (κ1) is 27.0. The van der Waals surface area contributed by atoms with E-state index in [4.69, 9.17) is 10.5 Å². The first-order valence-electron chi connectivity index (χ1n) is 10.7. The number of aromatic amines is 1. The van der Waals surface area contributed by atoms with Gasteiger partial charge in [0.1, 0.15) is 17.8 Å². The molecule has 5 atom stereocenters. The molecule has 2 heterocycles. The maximum absolute atomic E-state index is 14.9. The lowest BCUT2D eigenvalue weighted by atomic mass is 9.99. The number of rotatable bonds is 12. The summed E-state index contributed by atoms with van der Waals surface area (Å²) >= 11 is 0. The van der Waals surface area contributed by atoms with E-state index < -0.39 is 64.5 Å². The molecule has 0 aliphatic carbocycles. The third kappa shape index (κ3) is 5.01. The minimum absolute atomic E-state index is 0.0636. The van der Waals surface area contributed by atoms with E-state index in [1.54, 1.807) is 4.98 Å². The van der Waals surface area contributed by atoms with E-state index >= 15 is 0 Å². The number of nitrogens with zero attached hydrogens (tertiary/aromatic N) is 2. The van der Waals surface area contributed by atoms with Gasteiger partial charge in [-0.05, 0) is 12.8 Å². The minimum atomic E-state index is -3.45. The Morgan fingerprint density at radius 2 is 1.91 bits per heavy atom. The molecule has 1 saturated heterocycles. The van der Waals surface area contributed by atoms with Crippen LogP contribution in [0.1, 0.15) is 62.2 Å². The Labute approximate surface area is 187 Å². The molecular formula is C19H31FN4O9. The molecule has 0 aromatic carbocycles. The fraction of sp³-hybridized carbons (Fsp3) is 0.737. The van der Waals surface area contributed by atoms with Gasteiger partial charge >= 0.3 is 11.6 Å². The number of aliphatic hydroxyl groups excluding tert-OH is 2. The lowest BCUT2D eigenvalue weighted by Gasteiger charge is -2.43. The number of amides is 1. The largest absolute Gasteiger partial charge is 0.394 e. The molecule has 8 N–H and O–H groups in total. The summed E-state index contributed by atoms with van der Waals surface area (Å²) in [6, 6.07) is 0. The van der Waals surface area contributed by atoms with E-state index in [-0.39, 0.29) is 11.0 Å². The van der Waals surface area contributed by atoms with E-state index in [1.165, 1.54) is 0 Å². The monoisotopic (exact) mass is 478 g/mol. The molecule has 13 nitrogen and oxygen atoms in total. The smallest absolute Gasteiger partial charge is 0.332 e. The Hall–Kier alpha value is -2.20. The number of halogens is 1. The first-order valence-corrected chi connectivity index (χ1v) is 10.7. The highest BCUT2D eigenvalue weighted by molar-refractivity contribution is 5.91. The number of nitrogens with one attached hydrogen (secondary N) is 1. The number of primary amides is 1. The van der Waals surface area contributed by atoms with Crippen LogP contribution in [0.4, 0.5) is 4.39 Å². The van der Waals surface area contributed by atoms with Crippen molar-refractivity contribution in [3.8, 4) is 0 Å². The number of aliphatic hydroxyl groups is 4. The highest BCUT2D eigenvalue weighted by Crippen LogP contribution is 2.44. The van der Waals surface area contributed by atoms with Gasteiger partial charge in [-0.3, -0.25) is 14.6 Å². The van der Waals surface area contributed by atoms with Gasteiger partial charge in [0.15, 0.2) is 6.30 Å². The van der Waals surface area contributed by atoms with Crippen molar-refractivity contribution in [2.45, 2.75) is 82.0 Å². The summed E-state index contributed by atoms with van der Waals surface area (Å²) in [4.78, 5) is 37.3. The molecule has 1 aromatic heterocycles. The van der Waals surface area contributed by atoms with Crippen LogP contribution in [0.3, 0.4) is 0 Å². The molecule has 1 amide bonds. The molecule has 0 radical (unpaired) electrons. The molecule has 1 aliphatic rings. The number of unbranched alkanes of at least 4 members (excludes halogenated alkanes) is 5. The molecule has 14 heteroatoms. The Kier molecular flexibility index (Phi) is 8.87. The number of H-pyrrole nitrogens is 1. The summed E-state index contributed by atoms with van der Waals surface area (Å²) in [5, 5.41) is 52.2. The zero-order valence-electron chi connectivity index (χ0n) is 18.2. The molecule has 1 unspecified atom stereocenters. The highest BCUT2D eigenvalue weighted by atomic mass is 19.1. The lowest BCUT2D eigenvalue weighted by molar-refractivity contribution is -0.428. The second-order valence-electron chi connectivity index (χ2n) is 7.99. The van der Waals surface area contributed by atoms with Gasteiger partial charge in [-0.2, -0.15) is 0 Å². The number of ether oxygens (including phenoxy) is 1. The van der Waals surface area contributed by atoms with Crippen LogP contribution in [0.25, 0.3) is 0 Å². The topological polar surface area (TPSA) is 212 Å². The molecule has 1 aliphatic heterocycles. The van der Waals surface area contributed by atoms with Gasteiger partial charge in [0.25, 0.3) is 11.5 Å². The van der Waals surface area contributed by atoms with E-state index in [0.29, 0.717) is 19.0 Å². The second kappa shape index (κ2) is 10.8. The third-order valence-corrected chi connectivity index (χ3v) is 5.68. The molecule has 188 valence electrons. The van der Waals surface area contributed by atoms with Gasteiger partial charge in [-0.1, -0.05) is 39.0 Å². The van der Waals surface area contributed by atoms with Crippen LogP contribution < -0.4 is 17.0 Å². The number of carbonyl (C=O) groups excluding carboxylic acids is 1. The van der Waals surface area contributed by atoms with Gasteiger partial charge in [-0.15, -0.1) is 5.06 Å². The van der Waals surface area contributed by atoms with Crippen molar-refractivity contribution < 1.29 is 39.6 Å². The number of hydrogen-bond acceptors (Lipinski definition) is 10. The van der Waals surface area contributed by atoms with Crippen molar-refractivity contribution in [1.82, 2.24) is 14.6 Å². The predicted molar refractivity (Wildman–Crippen MR) is 109 cm³/mol. The van der Waals surface area contributed by atoms with Gasteiger partial charge in [0.05, 0.1) is 6.61 Å². The molecule has 0 spiro atoms. The standard InChI is InChI=1S/C19H31FN4O9/c1-2-3-4-5-6-7-8-13(20)24(32)18(30)14(26)12(10-25)33-19(18,31)23-9-11(15(21)27)16(28)22-17(23)29/h9,12-14,25-26,30-32H,2-8,10H2,1H3,(H2,21,27)(H,22,28,29)/t12-,13?,14-,18-,19+/m1/s1. The normalized spacial score (nSPS) is 28.4. The third-order valence-electron chi connectivity index (χ3n) is 5.68. The summed E-state index contributed by atoms with van der Waals surface area (Å²) in [6.45, 7) is 1.02. The molecular weight excluding hydrogens is 447 g/mol. The predicted octanol–water partition coefficient (Wildman–Crippen LogP) is -1.58. The van der Waals surface area contributed by atoms with E-state index in [9.17, 15) is 44.4 Å². The zero-order chi connectivity index (χ0) is 25.0. The minimum Gasteiger partial charge on any atom is -0.394 e. The van der Waals surface area contributed by atoms with Gasteiger partial charge in [0, 0.05) is 6.20 Å². The van der Waals surface area contributed by atoms with Crippen molar-refractivity contribution in [1.29, 1.82) is 0 Å². The quantitative estimate of drug-likeness (QED) is 0.0792. The van der Waals surface area contributed by atoms with Crippen LogP contribution in [0.2, 0.25) is 0 Å². The van der Waals surface area contributed by atoms with Crippen molar-refractivity contribution in [2.24, 2.45) is 5.73 Å². The average Bonchev–Trinajstić information content (AvgIpc) is 2.97. The average molecular weight is 478 g/mol. The van der Waals surface area contributed by atoms with Gasteiger partial charge in [-0.25, -0.2) is 13.8 Å². The van der Waals surface area contributed by atoms with Crippen LogP contribution in [0.5, 0.6) is 0 Å². The Balaban J connectivity index is 2.41. The van der Waals surface area contributed by atoms with Crippen LogP contribution in [0, 0.1) is 0 Å². The Morgan fingerprint density at radius 3 is 2.48 bits per heavy atom. The molecule has 0 bridgehead atoms. The number of hydrogen-bond donors (Lipinski definition) is 7. The summed E-state index contributed by atoms with van der Waals surface area (Å²) in [5.41, 5.74) is -1.90. The number of aromatic nitrogens is 2. The fourth-order valence-corrected chi connectivity index (χ4v) is 3.77. The maximum Gasteiger partial charge on any atom is 0.332 e. The number of alkyl halides is 1. The van der Waals surface area contributed by atoms with E-state index in [2.05, 4.69) is 0 Å². The fourth-order valence-electron chi connectivity index (χ4n) is 3.77. The van der Waals surface area contributed by atoms with Crippen molar-refractivity contribution in [3.63, 3.8) is 0 Å². The van der Waals surface area contributed by atoms with Crippen LogP contribution in [0.15, 0.2) is 15.8 Å². The Bertz CT molecular complexity index is 941.